The molecule has 0 spiro atoms. The van der Waals surface area contributed by atoms with Crippen molar-refractivity contribution in [2.24, 2.45) is 0 Å². The zero-order valence-corrected chi connectivity index (χ0v) is 17.7. The number of benzene rings is 1. The number of nitrogens with one attached hydrogen (secondary N) is 2. The summed E-state index contributed by atoms with van der Waals surface area (Å²) in [6.45, 7) is 7.98. The van der Waals surface area contributed by atoms with Crippen LogP contribution in [0.4, 0.5) is 10.7 Å². The molecule has 29 heavy (non-hydrogen) atoms. The molecule has 2 atom stereocenters. The summed E-state index contributed by atoms with van der Waals surface area (Å²) in [5.74, 6) is -0.229. The van der Waals surface area contributed by atoms with E-state index in [1.165, 1.54) is 18.4 Å². The zero-order valence-electron chi connectivity index (χ0n) is 16.9. The van der Waals surface area contributed by atoms with Crippen LogP contribution in [0.2, 0.25) is 0 Å². The van der Waals surface area contributed by atoms with Crippen molar-refractivity contribution in [3.63, 3.8) is 0 Å². The third kappa shape index (κ3) is 4.01. The highest BCUT2D eigenvalue weighted by atomic mass is 32.1. The lowest BCUT2D eigenvalue weighted by atomic mass is 10.0. The van der Waals surface area contributed by atoms with Gasteiger partial charge in [0, 0.05) is 42.4 Å². The van der Waals surface area contributed by atoms with Crippen LogP contribution in [0.25, 0.3) is 10.9 Å². The Morgan fingerprint density at radius 2 is 2.00 bits per heavy atom. The minimum absolute atomic E-state index is 0.229. The van der Waals surface area contributed by atoms with Crippen LogP contribution in [-0.4, -0.2) is 53.1 Å². The van der Waals surface area contributed by atoms with Crippen molar-refractivity contribution in [2.75, 3.05) is 30.4 Å². The summed E-state index contributed by atoms with van der Waals surface area (Å²) in [7, 11) is 1.52. The molecule has 1 aromatic carbocycles. The SMILES string of the molecule is COc1ncc2c(N3C[C@@H](C)N[C@H](C)C3)ccc(C(=O)Nc3cnc(C)s3)c2n1. The minimum Gasteiger partial charge on any atom is -0.467 e. The first kappa shape index (κ1) is 19.5. The number of ether oxygens (including phenoxy) is 1. The van der Waals surface area contributed by atoms with Crippen molar-refractivity contribution < 1.29 is 9.53 Å². The summed E-state index contributed by atoms with van der Waals surface area (Å²) in [6.07, 6.45) is 3.40. The molecular formula is C20H24N6O2S. The summed E-state index contributed by atoms with van der Waals surface area (Å²) >= 11 is 1.43. The largest absolute Gasteiger partial charge is 0.467 e. The van der Waals surface area contributed by atoms with Crippen molar-refractivity contribution in [3.8, 4) is 6.01 Å². The summed E-state index contributed by atoms with van der Waals surface area (Å²) < 4.78 is 5.21. The van der Waals surface area contributed by atoms with Gasteiger partial charge in [0.15, 0.2) is 0 Å². The molecule has 0 unspecified atom stereocenters. The maximum absolute atomic E-state index is 13.0. The van der Waals surface area contributed by atoms with Gasteiger partial charge >= 0.3 is 6.01 Å². The minimum atomic E-state index is -0.229. The Morgan fingerprint density at radius 3 is 2.66 bits per heavy atom. The smallest absolute Gasteiger partial charge is 0.316 e. The zero-order chi connectivity index (χ0) is 20.5. The average molecular weight is 413 g/mol. The first-order chi connectivity index (χ1) is 13.9. The Labute approximate surface area is 173 Å². The van der Waals surface area contributed by atoms with Crippen molar-refractivity contribution in [1.29, 1.82) is 0 Å². The lowest BCUT2D eigenvalue weighted by Crippen LogP contribution is -2.54. The van der Waals surface area contributed by atoms with E-state index < -0.39 is 0 Å². The molecule has 0 aliphatic carbocycles. The summed E-state index contributed by atoms with van der Waals surface area (Å²) in [5.41, 5.74) is 2.08. The van der Waals surface area contributed by atoms with E-state index >= 15 is 0 Å². The highest BCUT2D eigenvalue weighted by molar-refractivity contribution is 7.15. The number of piperazine rings is 1. The second-order valence-corrected chi connectivity index (χ2v) is 8.56. The van der Waals surface area contributed by atoms with E-state index in [4.69, 9.17) is 4.74 Å². The number of carbonyl (C=O) groups excluding carboxylic acids is 1. The summed E-state index contributed by atoms with van der Waals surface area (Å²) in [5, 5.41) is 8.89. The molecular weight excluding hydrogens is 388 g/mol. The average Bonchev–Trinajstić information content (AvgIpc) is 3.10. The predicted molar refractivity (Wildman–Crippen MR) is 115 cm³/mol. The molecule has 3 aromatic rings. The van der Waals surface area contributed by atoms with E-state index in [1.54, 1.807) is 12.4 Å². The van der Waals surface area contributed by atoms with E-state index in [2.05, 4.69) is 44.3 Å². The molecule has 2 aromatic heterocycles. The topological polar surface area (TPSA) is 92.3 Å². The van der Waals surface area contributed by atoms with Gasteiger partial charge in [0.05, 0.1) is 29.4 Å². The molecule has 9 heteroatoms. The Balaban J connectivity index is 1.76. The predicted octanol–water partition coefficient (Wildman–Crippen LogP) is 2.84. The maximum Gasteiger partial charge on any atom is 0.316 e. The van der Waals surface area contributed by atoms with Gasteiger partial charge in [-0.1, -0.05) is 0 Å². The van der Waals surface area contributed by atoms with Crippen LogP contribution in [0, 0.1) is 6.92 Å². The van der Waals surface area contributed by atoms with Gasteiger partial charge in [-0.05, 0) is 32.9 Å². The van der Waals surface area contributed by atoms with Crippen molar-refractivity contribution in [2.45, 2.75) is 32.9 Å². The second kappa shape index (κ2) is 7.92. The fraction of sp³-hybridized carbons (Fsp3) is 0.400. The maximum atomic E-state index is 13.0. The quantitative estimate of drug-likeness (QED) is 0.681. The number of aryl methyl sites for hydroxylation is 1. The molecule has 3 heterocycles. The number of methoxy groups -OCH3 is 1. The Hall–Kier alpha value is -2.78. The monoisotopic (exact) mass is 412 g/mol. The van der Waals surface area contributed by atoms with Crippen LogP contribution in [-0.2, 0) is 0 Å². The molecule has 0 bridgehead atoms. The van der Waals surface area contributed by atoms with Gasteiger partial charge in [-0.3, -0.25) is 4.79 Å². The number of aromatic nitrogens is 3. The fourth-order valence-electron chi connectivity index (χ4n) is 3.77. The molecule has 0 saturated carbocycles. The van der Waals surface area contributed by atoms with Crippen LogP contribution in [0.15, 0.2) is 24.5 Å². The normalized spacial score (nSPS) is 19.4. The number of carbonyl (C=O) groups is 1. The molecule has 2 N–H and O–H groups in total. The van der Waals surface area contributed by atoms with Gasteiger partial charge in [0.2, 0.25) is 0 Å². The highest BCUT2D eigenvalue weighted by Gasteiger charge is 2.24. The van der Waals surface area contributed by atoms with Crippen molar-refractivity contribution in [3.05, 3.63) is 35.1 Å². The van der Waals surface area contributed by atoms with Gasteiger partial charge in [-0.25, -0.2) is 9.97 Å². The molecule has 1 aliphatic heterocycles. The highest BCUT2D eigenvalue weighted by Crippen LogP contribution is 2.31. The lowest BCUT2D eigenvalue weighted by molar-refractivity contribution is 0.102. The van der Waals surface area contributed by atoms with Gasteiger partial charge in [-0.2, -0.15) is 4.98 Å². The third-order valence-corrected chi connectivity index (χ3v) is 5.72. The van der Waals surface area contributed by atoms with Gasteiger partial charge in [0.1, 0.15) is 5.00 Å². The van der Waals surface area contributed by atoms with Crippen LogP contribution in [0.5, 0.6) is 6.01 Å². The van der Waals surface area contributed by atoms with Gasteiger partial charge in [0.25, 0.3) is 5.91 Å². The van der Waals surface area contributed by atoms with Crippen molar-refractivity contribution >= 4 is 38.8 Å². The number of fused-ring (bicyclic) bond motifs is 1. The Morgan fingerprint density at radius 1 is 1.24 bits per heavy atom. The number of anilines is 2. The molecule has 0 radical (unpaired) electrons. The first-order valence-electron chi connectivity index (χ1n) is 9.53. The standard InChI is InChI=1S/C20H24N6O2S/c1-11-9-26(10-12(2)23-11)16-6-5-14(18-15(16)7-22-20(25-18)28-4)19(27)24-17-8-21-13(3)29-17/h5-8,11-12,23H,9-10H2,1-4H3,(H,24,27)/t11-,12-/m1/s1. The fourth-order valence-corrected chi connectivity index (χ4v) is 4.44. The number of hydrogen-bond acceptors (Lipinski definition) is 8. The van der Waals surface area contributed by atoms with Crippen LogP contribution in [0.3, 0.4) is 0 Å². The van der Waals surface area contributed by atoms with Gasteiger partial charge < -0.3 is 20.3 Å². The Kier molecular flexibility index (Phi) is 5.33. The summed E-state index contributed by atoms with van der Waals surface area (Å²) in [4.78, 5) is 28.3. The number of nitrogens with zero attached hydrogens (tertiary/aromatic N) is 4. The van der Waals surface area contributed by atoms with Crippen molar-refractivity contribution in [1.82, 2.24) is 20.3 Å². The molecule has 1 amide bonds. The van der Waals surface area contributed by atoms with Gasteiger partial charge in [-0.15, -0.1) is 11.3 Å². The van der Waals surface area contributed by atoms with E-state index in [1.807, 2.05) is 19.1 Å². The molecule has 1 aliphatic rings. The molecule has 152 valence electrons. The summed E-state index contributed by atoms with van der Waals surface area (Å²) in [6, 6.07) is 4.77. The number of rotatable bonds is 4. The van der Waals surface area contributed by atoms with E-state index in [0.717, 1.165) is 29.2 Å². The Bertz CT molecular complexity index is 1040. The second-order valence-electron chi connectivity index (χ2n) is 7.32. The molecule has 4 rings (SSSR count). The molecule has 1 fully saturated rings. The molecule has 8 nitrogen and oxygen atoms in total. The first-order valence-corrected chi connectivity index (χ1v) is 10.3. The number of hydrogen-bond donors (Lipinski definition) is 2. The lowest BCUT2D eigenvalue weighted by Gasteiger charge is -2.38. The van der Waals surface area contributed by atoms with E-state index in [0.29, 0.717) is 28.2 Å². The van der Waals surface area contributed by atoms with Crippen LogP contribution < -0.4 is 20.3 Å². The van der Waals surface area contributed by atoms with E-state index in [-0.39, 0.29) is 11.9 Å². The third-order valence-electron chi connectivity index (χ3n) is 4.89. The number of thiazole rings is 1. The number of amides is 1. The van der Waals surface area contributed by atoms with Crippen LogP contribution >= 0.6 is 11.3 Å². The molecule has 1 saturated heterocycles. The van der Waals surface area contributed by atoms with Crippen LogP contribution in [0.1, 0.15) is 29.2 Å². The van der Waals surface area contributed by atoms with E-state index in [9.17, 15) is 4.79 Å².